The molecule has 1 aliphatic rings. The van der Waals surface area contributed by atoms with Crippen LogP contribution in [0.1, 0.15) is 51.0 Å². The van der Waals surface area contributed by atoms with Gasteiger partial charge in [-0.3, -0.25) is 9.59 Å². The molecule has 1 N–H and O–H groups in total. The number of carbonyl (C=O) groups is 2. The summed E-state index contributed by atoms with van der Waals surface area (Å²) < 4.78 is 7.45. The van der Waals surface area contributed by atoms with Crippen molar-refractivity contribution in [2.24, 2.45) is 0 Å². The average Bonchev–Trinajstić information content (AvgIpc) is 3.56. The molecule has 4 rings (SSSR count). The molecule has 9 heteroatoms. The Morgan fingerprint density at radius 2 is 2.12 bits per heavy atom. The number of hydrogen-bond donors (Lipinski definition) is 1. The Morgan fingerprint density at radius 1 is 1.30 bits per heavy atom. The first-order chi connectivity index (χ1) is 15.9. The molecule has 1 aromatic carbocycles. The molecule has 8 nitrogen and oxygen atoms in total. The summed E-state index contributed by atoms with van der Waals surface area (Å²) in [4.78, 5) is 29.8. The summed E-state index contributed by atoms with van der Waals surface area (Å²) in [5, 5.41) is 13.4. The number of hydrogen-bond acceptors (Lipinski definition) is 6. The summed E-state index contributed by atoms with van der Waals surface area (Å²) in [5.74, 6) is -0.372. The number of amides is 2. The molecule has 1 fully saturated rings. The topological polar surface area (TPSA) is 89.4 Å². The summed E-state index contributed by atoms with van der Waals surface area (Å²) >= 11 is 1.48. The van der Waals surface area contributed by atoms with Crippen molar-refractivity contribution in [3.05, 3.63) is 46.7 Å². The second kappa shape index (κ2) is 10.0. The van der Waals surface area contributed by atoms with Gasteiger partial charge in [0.05, 0.1) is 11.6 Å². The molecule has 2 aromatic heterocycles. The minimum Gasteiger partial charge on any atom is -0.376 e. The van der Waals surface area contributed by atoms with Crippen LogP contribution < -0.4 is 5.32 Å². The van der Waals surface area contributed by atoms with E-state index in [2.05, 4.69) is 15.6 Å². The predicted octanol–water partition coefficient (Wildman–Crippen LogP) is 3.55. The Kier molecular flexibility index (Phi) is 7.09. The van der Waals surface area contributed by atoms with Gasteiger partial charge in [-0.15, -0.1) is 16.4 Å². The van der Waals surface area contributed by atoms with Crippen molar-refractivity contribution >= 4 is 34.2 Å². The van der Waals surface area contributed by atoms with E-state index in [1.165, 1.54) is 11.3 Å². The van der Waals surface area contributed by atoms with Crippen LogP contribution in [0.25, 0.3) is 11.0 Å². The first-order valence-electron chi connectivity index (χ1n) is 11.4. The van der Waals surface area contributed by atoms with Crippen molar-refractivity contribution in [3.8, 4) is 0 Å². The molecular weight excluding hydrogens is 438 g/mol. The minimum atomic E-state index is -0.734. The molecule has 3 aromatic rings. The Hall–Kier alpha value is -2.78. The van der Waals surface area contributed by atoms with Crippen LogP contribution >= 0.6 is 11.3 Å². The molecule has 0 saturated carbocycles. The number of ether oxygens (including phenoxy) is 1. The zero-order valence-corrected chi connectivity index (χ0v) is 20.2. The molecule has 1 aliphatic heterocycles. The fraction of sp³-hybridized carbons (Fsp3) is 0.500. The van der Waals surface area contributed by atoms with E-state index in [1.54, 1.807) is 9.58 Å². The third kappa shape index (κ3) is 5.42. The quantitative estimate of drug-likeness (QED) is 0.518. The van der Waals surface area contributed by atoms with Gasteiger partial charge in [-0.1, -0.05) is 30.3 Å². The molecule has 2 amide bonds. The maximum atomic E-state index is 13.7. The summed E-state index contributed by atoms with van der Waals surface area (Å²) in [6.07, 6.45) is 2.52. The van der Waals surface area contributed by atoms with Gasteiger partial charge in [-0.05, 0) is 56.7 Å². The Balaban J connectivity index is 1.66. The molecule has 176 valence electrons. The number of nitrogens with one attached hydrogen (secondary N) is 1. The predicted molar refractivity (Wildman–Crippen MR) is 128 cm³/mol. The van der Waals surface area contributed by atoms with Crippen molar-refractivity contribution in [3.63, 3.8) is 0 Å². The SMILES string of the molecule is CCC(C)(C)NC(=O)[C@H](c1cccs1)N(C[C@@H]1CCCO1)C(=O)Cn1nnc2ccccc21. The maximum Gasteiger partial charge on any atom is 0.248 e. The normalized spacial score (nSPS) is 17.2. The van der Waals surface area contributed by atoms with Crippen LogP contribution in [0, 0.1) is 0 Å². The van der Waals surface area contributed by atoms with Crippen molar-refractivity contribution in [2.45, 2.75) is 64.3 Å². The fourth-order valence-corrected chi connectivity index (χ4v) is 4.81. The monoisotopic (exact) mass is 469 g/mol. The molecule has 0 radical (unpaired) electrons. The van der Waals surface area contributed by atoms with Gasteiger partial charge in [0.1, 0.15) is 18.1 Å². The highest BCUT2D eigenvalue weighted by molar-refractivity contribution is 7.10. The number of nitrogens with zero attached hydrogens (tertiary/aromatic N) is 4. The van der Waals surface area contributed by atoms with Gasteiger partial charge in [0, 0.05) is 23.6 Å². The molecule has 0 unspecified atom stereocenters. The van der Waals surface area contributed by atoms with Gasteiger partial charge in [0.15, 0.2) is 0 Å². The van der Waals surface area contributed by atoms with Crippen LogP contribution in [0.3, 0.4) is 0 Å². The third-order valence-corrected chi connectivity index (χ3v) is 7.09. The molecular formula is C24H31N5O3S. The Morgan fingerprint density at radius 3 is 2.82 bits per heavy atom. The van der Waals surface area contributed by atoms with E-state index in [-0.39, 0.29) is 30.0 Å². The van der Waals surface area contributed by atoms with Gasteiger partial charge in [0.2, 0.25) is 11.8 Å². The van der Waals surface area contributed by atoms with Crippen LogP contribution in [0.2, 0.25) is 0 Å². The number of aromatic nitrogens is 3. The van der Waals surface area contributed by atoms with Crippen LogP contribution in [-0.4, -0.2) is 56.5 Å². The lowest BCUT2D eigenvalue weighted by atomic mass is 10.0. The summed E-state index contributed by atoms with van der Waals surface area (Å²) in [7, 11) is 0. The minimum absolute atomic E-state index is 0.000437. The lowest BCUT2D eigenvalue weighted by molar-refractivity contribution is -0.143. The lowest BCUT2D eigenvalue weighted by Gasteiger charge is -2.35. The molecule has 2 atom stereocenters. The number of para-hydroxylation sites is 1. The highest BCUT2D eigenvalue weighted by atomic mass is 32.1. The van der Waals surface area contributed by atoms with E-state index in [9.17, 15) is 9.59 Å². The summed E-state index contributed by atoms with van der Waals surface area (Å²) in [5.41, 5.74) is 1.13. The maximum absolute atomic E-state index is 13.7. The van der Waals surface area contributed by atoms with E-state index in [0.717, 1.165) is 35.2 Å². The number of fused-ring (bicyclic) bond motifs is 1. The van der Waals surface area contributed by atoms with Crippen molar-refractivity contribution < 1.29 is 14.3 Å². The van der Waals surface area contributed by atoms with Crippen molar-refractivity contribution in [1.82, 2.24) is 25.2 Å². The number of carbonyl (C=O) groups excluding carboxylic acids is 2. The lowest BCUT2D eigenvalue weighted by Crippen LogP contribution is -2.52. The van der Waals surface area contributed by atoms with Crippen LogP contribution in [0.5, 0.6) is 0 Å². The van der Waals surface area contributed by atoms with Gasteiger partial charge in [-0.25, -0.2) is 4.68 Å². The van der Waals surface area contributed by atoms with Crippen molar-refractivity contribution in [1.29, 1.82) is 0 Å². The summed E-state index contributed by atoms with van der Waals surface area (Å²) in [6, 6.07) is 10.6. The molecule has 0 bridgehead atoms. The fourth-order valence-electron chi connectivity index (χ4n) is 3.97. The molecule has 0 aliphatic carbocycles. The zero-order valence-electron chi connectivity index (χ0n) is 19.4. The van der Waals surface area contributed by atoms with E-state index in [4.69, 9.17) is 4.74 Å². The van der Waals surface area contributed by atoms with Crippen LogP contribution in [-0.2, 0) is 20.9 Å². The van der Waals surface area contributed by atoms with Crippen molar-refractivity contribution in [2.75, 3.05) is 13.2 Å². The van der Waals surface area contributed by atoms with Gasteiger partial charge < -0.3 is 15.0 Å². The van der Waals surface area contributed by atoms with Gasteiger partial charge in [0.25, 0.3) is 0 Å². The van der Waals surface area contributed by atoms with Gasteiger partial charge >= 0.3 is 0 Å². The third-order valence-electron chi connectivity index (χ3n) is 6.17. The van der Waals surface area contributed by atoms with E-state index in [0.29, 0.717) is 13.2 Å². The Bertz CT molecular complexity index is 1090. The number of thiophene rings is 1. The second-order valence-electron chi connectivity index (χ2n) is 9.06. The highest BCUT2D eigenvalue weighted by Crippen LogP contribution is 2.29. The molecule has 1 saturated heterocycles. The largest absolute Gasteiger partial charge is 0.376 e. The first-order valence-corrected chi connectivity index (χ1v) is 12.3. The van der Waals surface area contributed by atoms with Crippen LogP contribution in [0.15, 0.2) is 41.8 Å². The second-order valence-corrected chi connectivity index (χ2v) is 10.0. The van der Waals surface area contributed by atoms with E-state index < -0.39 is 6.04 Å². The average molecular weight is 470 g/mol. The molecule has 33 heavy (non-hydrogen) atoms. The first kappa shape index (κ1) is 23.4. The summed E-state index contributed by atoms with van der Waals surface area (Å²) in [6.45, 7) is 7.05. The standard InChI is InChI=1S/C24H31N5O3S/c1-4-24(2,3)25-23(31)22(20-12-8-14-33-20)28(15-17-9-7-13-32-17)21(30)16-29-19-11-6-5-10-18(19)26-27-29/h5-6,8,10-12,14,17,22H,4,7,9,13,15-16H2,1-3H3,(H,25,31)/t17-,22-/m0/s1. The van der Waals surface area contributed by atoms with E-state index in [1.807, 2.05) is 62.5 Å². The molecule has 3 heterocycles. The highest BCUT2D eigenvalue weighted by Gasteiger charge is 2.36. The zero-order chi connectivity index (χ0) is 23.4. The molecule has 0 spiro atoms. The van der Waals surface area contributed by atoms with E-state index >= 15 is 0 Å². The smallest absolute Gasteiger partial charge is 0.248 e. The van der Waals surface area contributed by atoms with Gasteiger partial charge in [-0.2, -0.15) is 0 Å². The Labute approximate surface area is 197 Å². The number of benzene rings is 1. The van der Waals surface area contributed by atoms with Crippen LogP contribution in [0.4, 0.5) is 0 Å². The number of rotatable bonds is 9.